The fraction of sp³-hybridized carbons (Fsp3) is 0.636. The van der Waals surface area contributed by atoms with Crippen molar-refractivity contribution in [1.82, 2.24) is 4.90 Å². The Bertz CT molecular complexity index is 867. The summed E-state index contributed by atoms with van der Waals surface area (Å²) < 4.78 is 32.3. The zero-order valence-corrected chi connectivity index (χ0v) is 19.6. The van der Waals surface area contributed by atoms with Crippen LogP contribution < -0.4 is 10.4 Å². The van der Waals surface area contributed by atoms with Crippen molar-refractivity contribution in [3.63, 3.8) is 0 Å². The van der Waals surface area contributed by atoms with Crippen LogP contribution in [0.25, 0.3) is 0 Å². The minimum Gasteiger partial charge on any atom is -0.458 e. The fourth-order valence-electron chi connectivity index (χ4n) is 3.52. The lowest BCUT2D eigenvalue weighted by atomic mass is 9.79. The molecule has 0 spiro atoms. The summed E-state index contributed by atoms with van der Waals surface area (Å²) in [4.78, 5) is 28.0. The molecule has 3 rings (SSSR count). The van der Waals surface area contributed by atoms with Crippen LogP contribution in [0.1, 0.15) is 55.4 Å². The minimum absolute atomic E-state index is 0.157. The van der Waals surface area contributed by atoms with Crippen LogP contribution in [-0.2, 0) is 18.8 Å². The van der Waals surface area contributed by atoms with E-state index in [-0.39, 0.29) is 12.2 Å². The van der Waals surface area contributed by atoms with Crippen LogP contribution in [-0.4, -0.2) is 60.0 Å². The molecule has 1 atom stereocenters. The van der Waals surface area contributed by atoms with Crippen LogP contribution in [0.5, 0.6) is 0 Å². The number of rotatable bonds is 4. The van der Waals surface area contributed by atoms with Gasteiger partial charge in [0.15, 0.2) is 0 Å². The molecule has 0 bridgehead atoms. The van der Waals surface area contributed by atoms with E-state index in [1.807, 2.05) is 27.7 Å². The van der Waals surface area contributed by atoms with Gasteiger partial charge in [0, 0.05) is 13.1 Å². The van der Waals surface area contributed by atoms with E-state index in [1.165, 1.54) is 15.9 Å². The van der Waals surface area contributed by atoms with Gasteiger partial charge in [0.2, 0.25) is 0 Å². The Hall–Kier alpha value is -2.13. The Morgan fingerprint density at radius 3 is 2.26 bits per heavy atom. The molecule has 0 aliphatic carbocycles. The highest BCUT2D eigenvalue weighted by molar-refractivity contribution is 6.62. The lowest BCUT2D eigenvalue weighted by Crippen LogP contribution is -2.45. The zero-order valence-electron chi connectivity index (χ0n) is 19.6. The largest absolute Gasteiger partial charge is 0.494 e. The molecule has 1 aromatic carbocycles. The molecule has 31 heavy (non-hydrogen) atoms. The van der Waals surface area contributed by atoms with E-state index in [2.05, 4.69) is 0 Å². The molecule has 2 fully saturated rings. The van der Waals surface area contributed by atoms with Crippen LogP contribution >= 0.6 is 0 Å². The van der Waals surface area contributed by atoms with Crippen LogP contribution in [0.2, 0.25) is 0 Å². The second-order valence-corrected chi connectivity index (χ2v) is 10.1. The van der Waals surface area contributed by atoms with Crippen LogP contribution in [0, 0.1) is 5.82 Å². The third-order valence-electron chi connectivity index (χ3n) is 6.04. The SMILES string of the molecule is CC(C(=O)OC(C)(C)C)N1CCN(c2ccc(B3OC(C)(C)C(C)(C)O3)cc2F)C1=O. The lowest BCUT2D eigenvalue weighted by Gasteiger charge is -2.32. The van der Waals surface area contributed by atoms with Gasteiger partial charge in [0.05, 0.1) is 16.9 Å². The van der Waals surface area contributed by atoms with Gasteiger partial charge in [-0.1, -0.05) is 6.07 Å². The van der Waals surface area contributed by atoms with Gasteiger partial charge in [-0.3, -0.25) is 4.90 Å². The molecule has 2 aliphatic rings. The van der Waals surface area contributed by atoms with Gasteiger partial charge in [-0.15, -0.1) is 0 Å². The van der Waals surface area contributed by atoms with Crippen molar-refractivity contribution in [3.8, 4) is 0 Å². The summed E-state index contributed by atoms with van der Waals surface area (Å²) in [5.41, 5.74) is -1.01. The molecule has 9 heteroatoms. The van der Waals surface area contributed by atoms with E-state index in [0.717, 1.165) is 0 Å². The predicted octanol–water partition coefficient (Wildman–Crippen LogP) is 3.10. The Morgan fingerprint density at radius 1 is 1.16 bits per heavy atom. The number of nitrogens with zero attached hydrogens (tertiary/aromatic N) is 2. The third-order valence-corrected chi connectivity index (χ3v) is 6.04. The molecule has 0 saturated carbocycles. The van der Waals surface area contributed by atoms with E-state index >= 15 is 4.39 Å². The summed E-state index contributed by atoms with van der Waals surface area (Å²) in [6.45, 7) is 15.2. The number of hydrogen-bond acceptors (Lipinski definition) is 5. The van der Waals surface area contributed by atoms with Crippen molar-refractivity contribution >= 4 is 30.3 Å². The topological polar surface area (TPSA) is 68.3 Å². The number of ether oxygens (including phenoxy) is 1. The molecule has 0 N–H and O–H groups in total. The predicted molar refractivity (Wildman–Crippen MR) is 117 cm³/mol. The van der Waals surface area contributed by atoms with Gasteiger partial charge in [0.1, 0.15) is 17.5 Å². The molecule has 2 heterocycles. The molecule has 1 unspecified atom stereocenters. The molecule has 2 saturated heterocycles. The lowest BCUT2D eigenvalue weighted by molar-refractivity contribution is -0.159. The van der Waals surface area contributed by atoms with Gasteiger partial charge >= 0.3 is 19.1 Å². The smallest absolute Gasteiger partial charge is 0.458 e. The number of carbonyl (C=O) groups excluding carboxylic acids is 2. The quantitative estimate of drug-likeness (QED) is 0.538. The Balaban J connectivity index is 1.74. The Labute approximate surface area is 184 Å². The van der Waals surface area contributed by atoms with Crippen LogP contribution in [0.15, 0.2) is 18.2 Å². The summed E-state index contributed by atoms with van der Waals surface area (Å²) >= 11 is 0. The van der Waals surface area contributed by atoms with Gasteiger partial charge < -0.3 is 18.9 Å². The maximum atomic E-state index is 15.0. The maximum Gasteiger partial charge on any atom is 0.494 e. The highest BCUT2D eigenvalue weighted by Gasteiger charge is 2.52. The highest BCUT2D eigenvalue weighted by atomic mass is 19.1. The number of urea groups is 1. The van der Waals surface area contributed by atoms with E-state index in [1.54, 1.807) is 39.8 Å². The molecule has 0 aromatic heterocycles. The van der Waals surface area contributed by atoms with Crippen molar-refractivity contribution in [2.45, 2.75) is 78.2 Å². The van der Waals surface area contributed by atoms with E-state index in [4.69, 9.17) is 14.0 Å². The molecule has 2 aliphatic heterocycles. The number of anilines is 1. The van der Waals surface area contributed by atoms with Crippen molar-refractivity contribution < 1.29 is 28.0 Å². The standard InChI is InChI=1S/C22H32BFN2O5/c1-14(18(27)29-20(2,3)4)25-11-12-26(19(25)28)17-10-9-15(13-16(17)24)23-30-21(5,6)22(7,8)31-23/h9-10,13-14H,11-12H2,1-8H3. The molecule has 170 valence electrons. The van der Waals surface area contributed by atoms with Gasteiger partial charge in [-0.25, -0.2) is 14.0 Å². The summed E-state index contributed by atoms with van der Waals surface area (Å²) in [7, 11) is -0.688. The zero-order chi connectivity index (χ0) is 23.4. The van der Waals surface area contributed by atoms with Crippen molar-refractivity contribution in [2.24, 2.45) is 0 Å². The van der Waals surface area contributed by atoms with Crippen molar-refractivity contribution in [3.05, 3.63) is 24.0 Å². The minimum atomic E-state index is -0.760. The Morgan fingerprint density at radius 2 is 1.74 bits per heavy atom. The average Bonchev–Trinajstić information content (AvgIpc) is 3.09. The Kier molecular flexibility index (Phi) is 5.91. The number of halogens is 1. The first-order chi connectivity index (χ1) is 14.1. The summed E-state index contributed by atoms with van der Waals surface area (Å²) in [5.74, 6) is -1.04. The number of carbonyl (C=O) groups is 2. The second kappa shape index (κ2) is 7.78. The van der Waals surface area contributed by atoms with E-state index in [0.29, 0.717) is 12.0 Å². The molecule has 7 nitrogen and oxygen atoms in total. The van der Waals surface area contributed by atoms with Crippen LogP contribution in [0.3, 0.4) is 0 Å². The number of hydrogen-bond donors (Lipinski definition) is 0. The van der Waals surface area contributed by atoms with Crippen molar-refractivity contribution in [2.75, 3.05) is 18.0 Å². The molecule has 0 radical (unpaired) electrons. The van der Waals surface area contributed by atoms with E-state index < -0.39 is 47.8 Å². The first kappa shape index (κ1) is 23.5. The number of amides is 2. The summed E-state index contributed by atoms with van der Waals surface area (Å²) in [6, 6.07) is 3.40. The molecular weight excluding hydrogens is 402 g/mol. The summed E-state index contributed by atoms with van der Waals surface area (Å²) in [6.07, 6.45) is 0. The van der Waals surface area contributed by atoms with E-state index in [9.17, 15) is 9.59 Å². The normalized spacial score (nSPS) is 21.6. The fourth-order valence-corrected chi connectivity index (χ4v) is 3.52. The maximum absolute atomic E-state index is 15.0. The highest BCUT2D eigenvalue weighted by Crippen LogP contribution is 2.36. The summed E-state index contributed by atoms with van der Waals surface area (Å²) in [5, 5.41) is 0. The van der Waals surface area contributed by atoms with Gasteiger partial charge in [-0.05, 0) is 73.0 Å². The van der Waals surface area contributed by atoms with Gasteiger partial charge in [0.25, 0.3) is 0 Å². The first-order valence-electron chi connectivity index (χ1n) is 10.6. The van der Waals surface area contributed by atoms with Crippen LogP contribution in [0.4, 0.5) is 14.9 Å². The molecule has 2 amide bonds. The van der Waals surface area contributed by atoms with Gasteiger partial charge in [-0.2, -0.15) is 0 Å². The second-order valence-electron chi connectivity index (χ2n) is 10.1. The molecular formula is C22H32BFN2O5. The van der Waals surface area contributed by atoms with Crippen molar-refractivity contribution in [1.29, 1.82) is 0 Å². The molecule has 1 aromatic rings. The first-order valence-corrected chi connectivity index (χ1v) is 10.6. The average molecular weight is 434 g/mol. The number of benzene rings is 1. The third kappa shape index (κ3) is 4.57. The monoisotopic (exact) mass is 434 g/mol. The number of esters is 1.